The monoisotopic (exact) mass is 412 g/mol. The first-order valence-corrected chi connectivity index (χ1v) is 12.1. The van der Waals surface area contributed by atoms with Gasteiger partial charge >= 0.3 is 11.9 Å². The SMILES string of the molecule is CC(C)CC(CC(C)C)(C(=O)O)C(C)CCCCCCCCCCCCC(=O)O. The van der Waals surface area contributed by atoms with Crippen molar-refractivity contribution in [1.82, 2.24) is 0 Å². The largest absolute Gasteiger partial charge is 0.481 e. The zero-order valence-electron chi connectivity index (χ0n) is 19.8. The maximum Gasteiger partial charge on any atom is 0.309 e. The van der Waals surface area contributed by atoms with E-state index in [9.17, 15) is 14.7 Å². The van der Waals surface area contributed by atoms with Crippen LogP contribution < -0.4 is 0 Å². The number of hydrogen-bond donors (Lipinski definition) is 2. The summed E-state index contributed by atoms with van der Waals surface area (Å²) in [4.78, 5) is 22.7. The number of rotatable bonds is 19. The van der Waals surface area contributed by atoms with Crippen molar-refractivity contribution in [2.75, 3.05) is 0 Å². The Morgan fingerprint density at radius 3 is 1.38 bits per heavy atom. The lowest BCUT2D eigenvalue weighted by atomic mass is 9.65. The Morgan fingerprint density at radius 1 is 0.655 bits per heavy atom. The molecule has 0 saturated carbocycles. The predicted molar refractivity (Wildman–Crippen MR) is 121 cm³/mol. The summed E-state index contributed by atoms with van der Waals surface area (Å²) in [5.41, 5.74) is -0.580. The van der Waals surface area contributed by atoms with Crippen molar-refractivity contribution in [2.45, 2.75) is 125 Å². The molecule has 0 saturated heterocycles. The second kappa shape index (κ2) is 15.7. The van der Waals surface area contributed by atoms with Crippen LogP contribution >= 0.6 is 0 Å². The van der Waals surface area contributed by atoms with E-state index >= 15 is 0 Å². The highest BCUT2D eigenvalue weighted by molar-refractivity contribution is 5.75. The minimum Gasteiger partial charge on any atom is -0.481 e. The van der Waals surface area contributed by atoms with E-state index in [4.69, 9.17) is 5.11 Å². The number of unbranched alkanes of at least 4 members (excludes halogenated alkanes) is 9. The average molecular weight is 413 g/mol. The molecule has 2 N–H and O–H groups in total. The van der Waals surface area contributed by atoms with Gasteiger partial charge in [-0.15, -0.1) is 0 Å². The lowest BCUT2D eigenvalue weighted by Gasteiger charge is -2.38. The molecule has 0 aromatic rings. The third-order valence-corrected chi connectivity index (χ3v) is 6.19. The Hall–Kier alpha value is -1.06. The molecule has 1 unspecified atom stereocenters. The summed E-state index contributed by atoms with van der Waals surface area (Å²) in [6.45, 7) is 10.7. The molecule has 0 bridgehead atoms. The quantitative estimate of drug-likeness (QED) is 0.215. The molecule has 172 valence electrons. The maximum atomic E-state index is 12.2. The molecule has 0 radical (unpaired) electrons. The molecule has 4 heteroatoms. The van der Waals surface area contributed by atoms with Gasteiger partial charge in [0.15, 0.2) is 0 Å². The minimum absolute atomic E-state index is 0.218. The Kier molecular flexibility index (Phi) is 15.2. The second-order valence-corrected chi connectivity index (χ2v) is 10.0. The van der Waals surface area contributed by atoms with Crippen LogP contribution in [0, 0.1) is 23.2 Å². The molecule has 0 aliphatic rings. The molecular weight excluding hydrogens is 364 g/mol. The van der Waals surface area contributed by atoms with E-state index in [0.29, 0.717) is 18.3 Å². The third-order valence-electron chi connectivity index (χ3n) is 6.19. The van der Waals surface area contributed by atoms with Crippen LogP contribution in [0.15, 0.2) is 0 Å². The van der Waals surface area contributed by atoms with Crippen molar-refractivity contribution in [3.8, 4) is 0 Å². The van der Waals surface area contributed by atoms with Gasteiger partial charge in [-0.05, 0) is 43.4 Å². The Morgan fingerprint density at radius 2 is 1.03 bits per heavy atom. The van der Waals surface area contributed by atoms with Crippen LogP contribution in [-0.4, -0.2) is 22.2 Å². The van der Waals surface area contributed by atoms with E-state index in [-0.39, 0.29) is 5.92 Å². The minimum atomic E-state index is -0.687. The van der Waals surface area contributed by atoms with Gasteiger partial charge in [0.05, 0.1) is 5.41 Å². The standard InChI is InChI=1S/C25H48O4/c1-20(2)18-25(24(28)29,19-21(3)4)22(5)16-14-12-10-8-6-7-9-11-13-15-17-23(26)27/h20-22H,6-19H2,1-5H3,(H,26,27)(H,28,29). The van der Waals surface area contributed by atoms with Gasteiger partial charge in [-0.2, -0.15) is 0 Å². The van der Waals surface area contributed by atoms with Gasteiger partial charge in [0, 0.05) is 6.42 Å². The number of hydrogen-bond acceptors (Lipinski definition) is 2. The average Bonchev–Trinajstić information content (AvgIpc) is 2.60. The molecule has 4 nitrogen and oxygen atoms in total. The fourth-order valence-electron chi connectivity index (χ4n) is 4.75. The summed E-state index contributed by atoms with van der Waals surface area (Å²) >= 11 is 0. The molecule has 0 aromatic heterocycles. The van der Waals surface area contributed by atoms with Crippen molar-refractivity contribution < 1.29 is 19.8 Å². The van der Waals surface area contributed by atoms with Gasteiger partial charge < -0.3 is 10.2 Å². The van der Waals surface area contributed by atoms with E-state index < -0.39 is 17.4 Å². The van der Waals surface area contributed by atoms with Gasteiger partial charge in [-0.25, -0.2) is 0 Å². The zero-order valence-corrected chi connectivity index (χ0v) is 19.8. The molecule has 29 heavy (non-hydrogen) atoms. The van der Waals surface area contributed by atoms with E-state index in [1.54, 1.807) is 0 Å². The Balaban J connectivity index is 4.05. The van der Waals surface area contributed by atoms with Crippen LogP contribution in [0.5, 0.6) is 0 Å². The normalized spacial score (nSPS) is 13.2. The first-order chi connectivity index (χ1) is 13.6. The summed E-state index contributed by atoms with van der Waals surface area (Å²) in [5, 5.41) is 18.7. The van der Waals surface area contributed by atoms with Gasteiger partial charge in [-0.3, -0.25) is 9.59 Å². The van der Waals surface area contributed by atoms with Gasteiger partial charge in [-0.1, -0.05) is 92.4 Å². The van der Waals surface area contributed by atoms with Crippen LogP contribution in [0.25, 0.3) is 0 Å². The Labute approximate surface area is 179 Å². The Bertz CT molecular complexity index is 432. The molecule has 0 aliphatic heterocycles. The van der Waals surface area contributed by atoms with Gasteiger partial charge in [0.2, 0.25) is 0 Å². The number of aliphatic carboxylic acids is 2. The van der Waals surface area contributed by atoms with Crippen LogP contribution in [0.2, 0.25) is 0 Å². The molecule has 0 aromatic carbocycles. The van der Waals surface area contributed by atoms with Gasteiger partial charge in [0.25, 0.3) is 0 Å². The molecular formula is C25H48O4. The third kappa shape index (κ3) is 13.0. The topological polar surface area (TPSA) is 74.6 Å². The lowest BCUT2D eigenvalue weighted by Crippen LogP contribution is -2.40. The fraction of sp³-hybridized carbons (Fsp3) is 0.920. The first-order valence-electron chi connectivity index (χ1n) is 12.1. The van der Waals surface area contributed by atoms with Crippen molar-refractivity contribution in [1.29, 1.82) is 0 Å². The van der Waals surface area contributed by atoms with Crippen LogP contribution in [0.1, 0.15) is 125 Å². The molecule has 0 rings (SSSR count). The van der Waals surface area contributed by atoms with Crippen molar-refractivity contribution in [3.05, 3.63) is 0 Å². The maximum absolute atomic E-state index is 12.2. The summed E-state index contributed by atoms with van der Waals surface area (Å²) in [5.74, 6) is -0.271. The molecule has 0 aliphatic carbocycles. The highest BCUT2D eigenvalue weighted by atomic mass is 16.4. The molecule has 1 atom stereocenters. The summed E-state index contributed by atoms with van der Waals surface area (Å²) in [6.07, 6.45) is 14.4. The number of carbonyl (C=O) groups is 2. The summed E-state index contributed by atoms with van der Waals surface area (Å²) in [7, 11) is 0. The van der Waals surface area contributed by atoms with Crippen LogP contribution in [-0.2, 0) is 9.59 Å². The van der Waals surface area contributed by atoms with Gasteiger partial charge in [0.1, 0.15) is 0 Å². The first kappa shape index (κ1) is 27.9. The number of carboxylic acid groups (broad SMARTS) is 2. The second-order valence-electron chi connectivity index (χ2n) is 10.0. The molecule has 0 spiro atoms. The highest BCUT2D eigenvalue weighted by Crippen LogP contribution is 2.43. The van der Waals surface area contributed by atoms with E-state index in [2.05, 4.69) is 34.6 Å². The van der Waals surface area contributed by atoms with E-state index in [1.165, 1.54) is 38.5 Å². The van der Waals surface area contributed by atoms with E-state index in [0.717, 1.165) is 44.9 Å². The zero-order chi connectivity index (χ0) is 22.3. The van der Waals surface area contributed by atoms with Crippen LogP contribution in [0.4, 0.5) is 0 Å². The summed E-state index contributed by atoms with van der Waals surface area (Å²) < 4.78 is 0. The van der Waals surface area contributed by atoms with Crippen molar-refractivity contribution >= 4 is 11.9 Å². The van der Waals surface area contributed by atoms with Crippen molar-refractivity contribution in [3.63, 3.8) is 0 Å². The number of carboxylic acids is 2. The fourth-order valence-corrected chi connectivity index (χ4v) is 4.75. The molecule has 0 heterocycles. The smallest absolute Gasteiger partial charge is 0.309 e. The summed E-state index contributed by atoms with van der Waals surface area (Å²) in [6, 6.07) is 0. The van der Waals surface area contributed by atoms with Crippen molar-refractivity contribution in [2.24, 2.45) is 23.2 Å². The highest BCUT2D eigenvalue weighted by Gasteiger charge is 2.43. The molecule has 0 fully saturated rings. The lowest BCUT2D eigenvalue weighted by molar-refractivity contribution is -0.155. The predicted octanol–water partition coefficient (Wildman–Crippen LogP) is 7.55. The van der Waals surface area contributed by atoms with E-state index in [1.807, 2.05) is 0 Å². The molecule has 0 amide bonds. The van der Waals surface area contributed by atoms with Crippen LogP contribution in [0.3, 0.4) is 0 Å².